The molecule has 80 valence electrons. The van der Waals surface area contributed by atoms with Crippen LogP contribution in [0.1, 0.15) is 10.4 Å². The maximum atomic E-state index is 10.5. The smallest absolute Gasteiger partial charge is 0.221 e. The fraction of sp³-hybridized carbons (Fsp3) is 0.0769. The van der Waals surface area contributed by atoms with Gasteiger partial charge in [-0.3, -0.25) is 4.79 Å². The Bertz CT molecular complexity index is 492. The zero-order chi connectivity index (χ0) is 11.4. The van der Waals surface area contributed by atoms with Gasteiger partial charge in [-0.05, 0) is 17.7 Å². The van der Waals surface area contributed by atoms with Gasteiger partial charge >= 0.3 is 0 Å². The quantitative estimate of drug-likeness (QED) is 0.735. The summed E-state index contributed by atoms with van der Waals surface area (Å²) in [4.78, 5) is 14.7. The molecule has 0 aliphatic carbocycles. The summed E-state index contributed by atoms with van der Waals surface area (Å²) >= 11 is 0. The Balaban J connectivity index is 2.45. The maximum absolute atomic E-state index is 10.5. The maximum Gasteiger partial charge on any atom is 0.221 e. The average molecular weight is 213 g/mol. The molecule has 0 N–H and O–H groups in total. The normalized spacial score (nSPS) is 9.81. The Morgan fingerprint density at radius 2 is 1.94 bits per heavy atom. The lowest BCUT2D eigenvalue weighted by Crippen LogP contribution is -1.90. The van der Waals surface area contributed by atoms with E-state index in [0.29, 0.717) is 11.4 Å². The molecule has 0 amide bonds. The SMILES string of the molecule is COc1ncccc1-c1ccc(C=O)cc1. The summed E-state index contributed by atoms with van der Waals surface area (Å²) in [7, 11) is 1.59. The summed E-state index contributed by atoms with van der Waals surface area (Å²) in [5.41, 5.74) is 2.56. The van der Waals surface area contributed by atoms with Crippen molar-refractivity contribution in [2.75, 3.05) is 7.11 Å². The molecule has 1 aromatic carbocycles. The number of methoxy groups -OCH3 is 1. The van der Waals surface area contributed by atoms with Crippen LogP contribution in [0.5, 0.6) is 5.88 Å². The predicted octanol–water partition coefficient (Wildman–Crippen LogP) is 2.57. The van der Waals surface area contributed by atoms with Crippen LogP contribution in [-0.4, -0.2) is 18.4 Å². The first-order chi connectivity index (χ1) is 7.85. The molecular weight excluding hydrogens is 202 g/mol. The van der Waals surface area contributed by atoms with Gasteiger partial charge in [0.2, 0.25) is 5.88 Å². The van der Waals surface area contributed by atoms with Gasteiger partial charge in [0, 0.05) is 17.3 Å². The van der Waals surface area contributed by atoms with Crippen LogP contribution >= 0.6 is 0 Å². The molecular formula is C13H11NO2. The van der Waals surface area contributed by atoms with Crippen LogP contribution in [0, 0.1) is 0 Å². The zero-order valence-corrected chi connectivity index (χ0v) is 8.88. The van der Waals surface area contributed by atoms with E-state index in [0.717, 1.165) is 17.4 Å². The van der Waals surface area contributed by atoms with Gasteiger partial charge in [0.25, 0.3) is 0 Å². The second-order valence-electron chi connectivity index (χ2n) is 3.30. The molecule has 0 aliphatic rings. The topological polar surface area (TPSA) is 39.2 Å². The van der Waals surface area contributed by atoms with Crippen molar-refractivity contribution >= 4 is 6.29 Å². The van der Waals surface area contributed by atoms with Crippen molar-refractivity contribution in [1.82, 2.24) is 4.98 Å². The zero-order valence-electron chi connectivity index (χ0n) is 8.88. The fourth-order valence-electron chi connectivity index (χ4n) is 1.51. The van der Waals surface area contributed by atoms with E-state index in [1.165, 1.54) is 0 Å². The summed E-state index contributed by atoms with van der Waals surface area (Å²) < 4.78 is 5.18. The number of benzene rings is 1. The minimum Gasteiger partial charge on any atom is -0.481 e. The van der Waals surface area contributed by atoms with Gasteiger partial charge < -0.3 is 4.74 Å². The van der Waals surface area contributed by atoms with E-state index < -0.39 is 0 Å². The van der Waals surface area contributed by atoms with Crippen LogP contribution in [-0.2, 0) is 0 Å². The van der Waals surface area contributed by atoms with E-state index in [9.17, 15) is 4.79 Å². The number of ether oxygens (including phenoxy) is 1. The van der Waals surface area contributed by atoms with Crippen molar-refractivity contribution in [3.8, 4) is 17.0 Å². The van der Waals surface area contributed by atoms with Crippen LogP contribution in [0.3, 0.4) is 0 Å². The Kier molecular flexibility index (Phi) is 2.96. The van der Waals surface area contributed by atoms with Gasteiger partial charge in [0.15, 0.2) is 0 Å². The first-order valence-corrected chi connectivity index (χ1v) is 4.90. The highest BCUT2D eigenvalue weighted by Crippen LogP contribution is 2.27. The number of aromatic nitrogens is 1. The third kappa shape index (κ3) is 1.93. The van der Waals surface area contributed by atoms with E-state index in [1.807, 2.05) is 24.3 Å². The Morgan fingerprint density at radius 3 is 2.56 bits per heavy atom. The van der Waals surface area contributed by atoms with Gasteiger partial charge in [0.1, 0.15) is 6.29 Å². The van der Waals surface area contributed by atoms with Gasteiger partial charge in [-0.2, -0.15) is 0 Å². The highest BCUT2D eigenvalue weighted by atomic mass is 16.5. The number of pyridine rings is 1. The van der Waals surface area contributed by atoms with Crippen molar-refractivity contribution in [3.63, 3.8) is 0 Å². The number of hydrogen-bond acceptors (Lipinski definition) is 3. The third-order valence-corrected chi connectivity index (χ3v) is 2.32. The average Bonchev–Trinajstić information content (AvgIpc) is 2.39. The lowest BCUT2D eigenvalue weighted by molar-refractivity contribution is 0.112. The molecule has 16 heavy (non-hydrogen) atoms. The van der Waals surface area contributed by atoms with Gasteiger partial charge in [-0.15, -0.1) is 0 Å². The third-order valence-electron chi connectivity index (χ3n) is 2.32. The van der Waals surface area contributed by atoms with Crippen LogP contribution in [0.2, 0.25) is 0 Å². The van der Waals surface area contributed by atoms with Crippen molar-refractivity contribution in [2.24, 2.45) is 0 Å². The van der Waals surface area contributed by atoms with E-state index in [-0.39, 0.29) is 0 Å². The van der Waals surface area contributed by atoms with Crippen LogP contribution in [0.15, 0.2) is 42.6 Å². The second kappa shape index (κ2) is 4.57. The first kappa shape index (κ1) is 10.4. The van der Waals surface area contributed by atoms with Crippen molar-refractivity contribution in [1.29, 1.82) is 0 Å². The molecule has 3 nitrogen and oxygen atoms in total. The monoisotopic (exact) mass is 213 g/mol. The fourth-order valence-corrected chi connectivity index (χ4v) is 1.51. The number of carbonyl (C=O) groups is 1. The number of hydrogen-bond donors (Lipinski definition) is 0. The first-order valence-electron chi connectivity index (χ1n) is 4.90. The number of nitrogens with zero attached hydrogens (tertiary/aromatic N) is 1. The summed E-state index contributed by atoms with van der Waals surface area (Å²) in [6, 6.07) is 11.1. The van der Waals surface area contributed by atoms with Crippen LogP contribution in [0.4, 0.5) is 0 Å². The summed E-state index contributed by atoms with van der Waals surface area (Å²) in [5, 5.41) is 0. The van der Waals surface area contributed by atoms with Crippen LogP contribution < -0.4 is 4.74 Å². The Hall–Kier alpha value is -2.16. The summed E-state index contributed by atoms with van der Waals surface area (Å²) in [6.45, 7) is 0. The van der Waals surface area contributed by atoms with E-state index in [1.54, 1.807) is 25.4 Å². The summed E-state index contributed by atoms with van der Waals surface area (Å²) in [6.07, 6.45) is 2.51. The molecule has 0 radical (unpaired) electrons. The molecule has 0 atom stereocenters. The van der Waals surface area contributed by atoms with E-state index in [2.05, 4.69) is 4.98 Å². The number of rotatable bonds is 3. The van der Waals surface area contributed by atoms with E-state index >= 15 is 0 Å². The Morgan fingerprint density at radius 1 is 1.19 bits per heavy atom. The van der Waals surface area contributed by atoms with Crippen molar-refractivity contribution in [3.05, 3.63) is 48.2 Å². The molecule has 3 heteroatoms. The lowest BCUT2D eigenvalue weighted by atomic mass is 10.1. The van der Waals surface area contributed by atoms with Gasteiger partial charge in [0.05, 0.1) is 7.11 Å². The summed E-state index contributed by atoms with van der Waals surface area (Å²) in [5.74, 6) is 0.585. The molecule has 0 fully saturated rings. The molecule has 1 aromatic heterocycles. The lowest BCUT2D eigenvalue weighted by Gasteiger charge is -2.06. The number of aldehydes is 1. The second-order valence-corrected chi connectivity index (χ2v) is 3.30. The molecule has 2 aromatic rings. The molecule has 0 saturated carbocycles. The van der Waals surface area contributed by atoms with Crippen molar-refractivity contribution < 1.29 is 9.53 Å². The van der Waals surface area contributed by atoms with Gasteiger partial charge in [-0.25, -0.2) is 4.98 Å². The van der Waals surface area contributed by atoms with Gasteiger partial charge in [-0.1, -0.05) is 24.3 Å². The molecule has 0 unspecified atom stereocenters. The molecule has 0 spiro atoms. The standard InChI is InChI=1S/C13H11NO2/c1-16-13-12(3-2-8-14-13)11-6-4-10(9-15)5-7-11/h2-9H,1H3. The molecule has 0 aliphatic heterocycles. The molecule has 0 saturated heterocycles. The minimum absolute atomic E-state index is 0.585. The molecule has 1 heterocycles. The van der Waals surface area contributed by atoms with Crippen LogP contribution in [0.25, 0.3) is 11.1 Å². The highest BCUT2D eigenvalue weighted by Gasteiger charge is 2.05. The van der Waals surface area contributed by atoms with E-state index in [4.69, 9.17) is 4.74 Å². The number of carbonyl (C=O) groups excluding carboxylic acids is 1. The Labute approximate surface area is 93.7 Å². The minimum atomic E-state index is 0.585. The highest BCUT2D eigenvalue weighted by molar-refractivity contribution is 5.77. The van der Waals surface area contributed by atoms with Crippen molar-refractivity contribution in [2.45, 2.75) is 0 Å². The predicted molar refractivity (Wildman–Crippen MR) is 61.6 cm³/mol. The largest absolute Gasteiger partial charge is 0.481 e. The molecule has 2 rings (SSSR count). The molecule has 0 bridgehead atoms.